The quantitative estimate of drug-likeness (QED) is 0.329. The Balaban J connectivity index is 1.64. The van der Waals surface area contributed by atoms with Gasteiger partial charge in [0.1, 0.15) is 21.2 Å². The third-order valence-electron chi connectivity index (χ3n) is 5.43. The van der Waals surface area contributed by atoms with E-state index in [-0.39, 0.29) is 16.4 Å². The molecular formula is C23H22N4O5S3. The third kappa shape index (κ3) is 5.04. The fourth-order valence-electron chi connectivity index (χ4n) is 3.73. The number of rotatable bonds is 7. The number of amides is 1. The minimum atomic E-state index is -4.07. The molecule has 9 nitrogen and oxygen atoms in total. The molecule has 4 aromatic rings. The molecule has 4 rings (SSSR count). The first-order valence-electron chi connectivity index (χ1n) is 10.4. The summed E-state index contributed by atoms with van der Waals surface area (Å²) in [7, 11) is -4.07. The lowest BCUT2D eigenvalue weighted by Gasteiger charge is -2.18. The second-order valence-electron chi connectivity index (χ2n) is 7.85. The van der Waals surface area contributed by atoms with Crippen LogP contribution in [0.5, 0.6) is 0 Å². The molecule has 0 bridgehead atoms. The van der Waals surface area contributed by atoms with Gasteiger partial charge in [0.05, 0.1) is 17.3 Å². The number of hydrogen-bond acceptors (Lipinski definition) is 9. The molecule has 0 fully saturated rings. The molecule has 1 aromatic carbocycles. The molecule has 182 valence electrons. The fraction of sp³-hybridized carbons (Fsp3) is 0.217. The lowest BCUT2D eigenvalue weighted by molar-refractivity contribution is -0.142. The number of esters is 1. The fourth-order valence-corrected chi connectivity index (χ4v) is 6.76. The smallest absolute Gasteiger partial charge is 0.302 e. The van der Waals surface area contributed by atoms with Crippen molar-refractivity contribution < 1.29 is 22.7 Å². The highest BCUT2D eigenvalue weighted by Gasteiger charge is 2.26. The van der Waals surface area contributed by atoms with Crippen molar-refractivity contribution in [3.05, 3.63) is 63.1 Å². The second-order valence-corrected chi connectivity index (χ2v) is 11.2. The zero-order valence-corrected chi connectivity index (χ0v) is 21.8. The van der Waals surface area contributed by atoms with Crippen LogP contribution in [0.1, 0.15) is 38.8 Å². The van der Waals surface area contributed by atoms with Gasteiger partial charge in [0.15, 0.2) is 0 Å². The minimum Gasteiger partial charge on any atom is -0.461 e. The molecule has 0 radical (unpaired) electrons. The molecule has 0 unspecified atom stereocenters. The van der Waals surface area contributed by atoms with Gasteiger partial charge in [0.25, 0.3) is 15.9 Å². The Morgan fingerprint density at radius 3 is 2.66 bits per heavy atom. The van der Waals surface area contributed by atoms with Gasteiger partial charge in [-0.05, 0) is 72.1 Å². The maximum absolute atomic E-state index is 13.2. The minimum absolute atomic E-state index is 0.0483. The summed E-state index contributed by atoms with van der Waals surface area (Å²) in [6, 6.07) is 4.83. The van der Waals surface area contributed by atoms with E-state index in [1.165, 1.54) is 19.2 Å². The van der Waals surface area contributed by atoms with Gasteiger partial charge in [-0.25, -0.2) is 13.4 Å². The van der Waals surface area contributed by atoms with Gasteiger partial charge in [-0.15, -0.1) is 11.3 Å². The first-order valence-corrected chi connectivity index (χ1v) is 13.6. The first-order chi connectivity index (χ1) is 16.6. The van der Waals surface area contributed by atoms with Gasteiger partial charge < -0.3 is 10.1 Å². The number of fused-ring (bicyclic) bond motifs is 1. The molecule has 0 saturated carbocycles. The van der Waals surface area contributed by atoms with Crippen molar-refractivity contribution in [3.63, 3.8) is 0 Å². The molecule has 3 heterocycles. The number of nitrogens with zero attached hydrogens (tertiary/aromatic N) is 2. The summed E-state index contributed by atoms with van der Waals surface area (Å²) >= 11 is 2.19. The van der Waals surface area contributed by atoms with E-state index in [2.05, 4.69) is 19.4 Å². The summed E-state index contributed by atoms with van der Waals surface area (Å²) in [6.45, 7) is 6.99. The molecule has 0 atom stereocenters. The largest absolute Gasteiger partial charge is 0.461 e. The zero-order valence-electron chi connectivity index (χ0n) is 19.3. The number of pyridine rings is 1. The van der Waals surface area contributed by atoms with Gasteiger partial charge >= 0.3 is 5.97 Å². The summed E-state index contributed by atoms with van der Waals surface area (Å²) in [5, 5.41) is 4.99. The number of aromatic nitrogens is 2. The first kappa shape index (κ1) is 24.8. The molecule has 35 heavy (non-hydrogen) atoms. The van der Waals surface area contributed by atoms with Crippen molar-refractivity contribution in [1.82, 2.24) is 9.36 Å². The van der Waals surface area contributed by atoms with Crippen LogP contribution in [0.25, 0.3) is 10.2 Å². The number of ether oxygens (including phenoxy) is 1. The Morgan fingerprint density at radius 2 is 1.91 bits per heavy atom. The lowest BCUT2D eigenvalue weighted by atomic mass is 9.97. The number of hydrogen-bond donors (Lipinski definition) is 2. The van der Waals surface area contributed by atoms with Crippen molar-refractivity contribution in [2.24, 2.45) is 0 Å². The topological polar surface area (TPSA) is 127 Å². The maximum Gasteiger partial charge on any atom is 0.302 e. The van der Waals surface area contributed by atoms with Gasteiger partial charge in [0.2, 0.25) is 0 Å². The summed E-state index contributed by atoms with van der Waals surface area (Å²) in [6.07, 6.45) is 3.04. The highest BCUT2D eigenvalue weighted by atomic mass is 32.2. The average Bonchev–Trinajstić information content (AvgIpc) is 3.46. The molecule has 0 saturated heterocycles. The van der Waals surface area contributed by atoms with Gasteiger partial charge in [-0.2, -0.15) is 4.37 Å². The summed E-state index contributed by atoms with van der Waals surface area (Å²) < 4.78 is 38.2. The molecule has 1 amide bonds. The second kappa shape index (κ2) is 9.72. The van der Waals surface area contributed by atoms with Crippen LogP contribution < -0.4 is 10.0 Å². The molecule has 0 aliphatic rings. The number of nitrogens with one attached hydrogen (secondary N) is 2. The van der Waals surface area contributed by atoms with Crippen LogP contribution in [0.15, 0.2) is 40.9 Å². The molecule has 12 heteroatoms. The lowest BCUT2D eigenvalue weighted by Crippen LogP contribution is -2.19. The van der Waals surface area contributed by atoms with Crippen LogP contribution in [0.4, 0.5) is 11.4 Å². The number of anilines is 2. The highest BCUT2D eigenvalue weighted by Crippen LogP contribution is 2.31. The predicted molar refractivity (Wildman–Crippen MR) is 137 cm³/mol. The Kier molecular flexibility index (Phi) is 6.88. The molecular weight excluding hydrogens is 508 g/mol. The predicted octanol–water partition coefficient (Wildman–Crippen LogP) is 4.79. The van der Waals surface area contributed by atoms with Crippen molar-refractivity contribution in [1.29, 1.82) is 0 Å². The molecule has 3 aromatic heterocycles. The van der Waals surface area contributed by atoms with E-state index >= 15 is 0 Å². The summed E-state index contributed by atoms with van der Waals surface area (Å²) in [5.41, 5.74) is 4.15. The molecule has 2 N–H and O–H groups in total. The van der Waals surface area contributed by atoms with Crippen LogP contribution in [-0.4, -0.2) is 29.7 Å². The van der Waals surface area contributed by atoms with E-state index in [9.17, 15) is 18.0 Å². The van der Waals surface area contributed by atoms with Crippen LogP contribution in [0.3, 0.4) is 0 Å². The number of benzene rings is 1. The summed E-state index contributed by atoms with van der Waals surface area (Å²) in [4.78, 5) is 29.2. The van der Waals surface area contributed by atoms with Crippen molar-refractivity contribution in [3.8, 4) is 0 Å². The van der Waals surface area contributed by atoms with E-state index in [1.807, 2.05) is 26.8 Å². The Morgan fingerprint density at radius 1 is 1.14 bits per heavy atom. The zero-order chi connectivity index (χ0) is 25.3. The molecule has 0 aliphatic carbocycles. The number of sulfonamides is 1. The normalized spacial score (nSPS) is 11.4. The van der Waals surface area contributed by atoms with Crippen molar-refractivity contribution in [2.45, 2.75) is 39.2 Å². The SMILES string of the molecule is CC(=O)OCc1c(C)cc(C)c(NC(=O)c2sccc2S(=O)(=O)Nc2ccnc3sncc23)c1C. The van der Waals surface area contributed by atoms with Crippen molar-refractivity contribution in [2.75, 3.05) is 10.0 Å². The molecule has 0 aliphatic heterocycles. The Labute approximate surface area is 210 Å². The van der Waals surface area contributed by atoms with Gasteiger partial charge in [0, 0.05) is 18.8 Å². The van der Waals surface area contributed by atoms with E-state index in [0.29, 0.717) is 21.6 Å². The van der Waals surface area contributed by atoms with Gasteiger partial charge in [-0.1, -0.05) is 6.07 Å². The highest BCUT2D eigenvalue weighted by molar-refractivity contribution is 7.93. The van der Waals surface area contributed by atoms with Crippen LogP contribution in [-0.2, 0) is 26.2 Å². The number of carbonyl (C=O) groups is 2. The van der Waals surface area contributed by atoms with E-state index in [4.69, 9.17) is 4.74 Å². The average molecular weight is 531 g/mol. The van der Waals surface area contributed by atoms with Gasteiger partial charge in [-0.3, -0.25) is 14.3 Å². The third-order valence-corrected chi connectivity index (χ3v) is 8.59. The van der Waals surface area contributed by atoms with E-state index in [1.54, 1.807) is 17.6 Å². The Bertz CT molecular complexity index is 1560. The standard InChI is InChI=1S/C23H22N4O5S3/c1-12-9-13(2)20(14(3)17(12)11-32-15(4)28)26-22(29)21-19(6-8-33-21)35(30,31)27-18-5-7-24-23-16(18)10-25-34-23/h5-10H,11H2,1-4H3,(H,24,27)(H,26,29). The van der Waals surface area contributed by atoms with E-state index in [0.717, 1.165) is 45.1 Å². The maximum atomic E-state index is 13.2. The van der Waals surface area contributed by atoms with Crippen LogP contribution in [0.2, 0.25) is 0 Å². The van der Waals surface area contributed by atoms with Crippen LogP contribution >= 0.6 is 22.9 Å². The number of aryl methyl sites for hydroxylation is 2. The van der Waals surface area contributed by atoms with Crippen molar-refractivity contribution >= 4 is 66.4 Å². The van der Waals surface area contributed by atoms with E-state index < -0.39 is 21.9 Å². The number of thiophene rings is 1. The molecule has 0 spiro atoms. The number of carbonyl (C=O) groups excluding carboxylic acids is 2. The monoisotopic (exact) mass is 530 g/mol. The Hall–Kier alpha value is -3.35. The van der Waals surface area contributed by atoms with Crippen LogP contribution in [0, 0.1) is 20.8 Å². The summed E-state index contributed by atoms with van der Waals surface area (Å²) in [5.74, 6) is -0.952.